The Balaban J connectivity index is 2.02. The van der Waals surface area contributed by atoms with E-state index in [0.717, 1.165) is 23.5 Å². The molecule has 0 atom stereocenters. The highest BCUT2D eigenvalue weighted by atomic mass is 16.6. The molecule has 1 heterocycles. The summed E-state index contributed by atoms with van der Waals surface area (Å²) in [5, 5.41) is 0. The smallest absolute Gasteiger partial charge is 0.161 e. The van der Waals surface area contributed by atoms with Crippen LogP contribution in [0.15, 0.2) is 42.5 Å². The molecular formula is C16H17NO2. The molecule has 0 bridgehead atoms. The van der Waals surface area contributed by atoms with Crippen LogP contribution in [0.4, 0.5) is 0 Å². The molecule has 0 aromatic heterocycles. The molecule has 0 aliphatic carbocycles. The van der Waals surface area contributed by atoms with Crippen LogP contribution in [-0.4, -0.2) is 19.8 Å². The Morgan fingerprint density at radius 1 is 0.947 bits per heavy atom. The maximum Gasteiger partial charge on any atom is 0.161 e. The van der Waals surface area contributed by atoms with Gasteiger partial charge in [0.1, 0.15) is 13.2 Å². The third kappa shape index (κ3) is 2.42. The average Bonchev–Trinajstić information content (AvgIpc) is 2.48. The molecular weight excluding hydrogens is 238 g/mol. The van der Waals surface area contributed by atoms with E-state index in [1.54, 1.807) is 0 Å². The highest BCUT2D eigenvalue weighted by molar-refractivity contribution is 5.70. The summed E-state index contributed by atoms with van der Waals surface area (Å²) in [6.45, 7) is 1.89. The number of nitrogens with two attached hydrogens (primary N) is 1. The largest absolute Gasteiger partial charge is 0.486 e. The van der Waals surface area contributed by atoms with Gasteiger partial charge >= 0.3 is 0 Å². The summed E-state index contributed by atoms with van der Waals surface area (Å²) in [6.07, 6.45) is 0.880. The average molecular weight is 255 g/mol. The van der Waals surface area contributed by atoms with Crippen LogP contribution in [0.5, 0.6) is 11.5 Å². The van der Waals surface area contributed by atoms with Crippen molar-refractivity contribution in [1.82, 2.24) is 0 Å². The number of ether oxygens (including phenoxy) is 2. The fourth-order valence-electron chi connectivity index (χ4n) is 2.39. The van der Waals surface area contributed by atoms with Gasteiger partial charge in [-0.1, -0.05) is 30.3 Å². The van der Waals surface area contributed by atoms with E-state index in [-0.39, 0.29) is 0 Å². The summed E-state index contributed by atoms with van der Waals surface area (Å²) >= 11 is 0. The van der Waals surface area contributed by atoms with Crippen molar-refractivity contribution in [3.05, 3.63) is 48.0 Å². The molecule has 2 aromatic rings. The quantitative estimate of drug-likeness (QED) is 0.917. The maximum absolute atomic E-state index is 5.67. The van der Waals surface area contributed by atoms with E-state index in [9.17, 15) is 0 Å². The first-order chi connectivity index (χ1) is 9.38. The Labute approximate surface area is 113 Å². The van der Waals surface area contributed by atoms with Crippen LogP contribution in [-0.2, 0) is 6.42 Å². The van der Waals surface area contributed by atoms with E-state index in [4.69, 9.17) is 15.2 Å². The molecule has 3 rings (SSSR count). The summed E-state index contributed by atoms with van der Waals surface area (Å²) in [7, 11) is 0. The van der Waals surface area contributed by atoms with Gasteiger partial charge in [-0.15, -0.1) is 0 Å². The molecule has 0 unspecified atom stereocenters. The lowest BCUT2D eigenvalue weighted by Gasteiger charge is -2.19. The van der Waals surface area contributed by atoms with Gasteiger partial charge in [0, 0.05) is 0 Å². The van der Waals surface area contributed by atoms with E-state index in [2.05, 4.69) is 18.2 Å². The second-order valence-corrected chi connectivity index (χ2v) is 4.55. The van der Waals surface area contributed by atoms with Gasteiger partial charge in [-0.05, 0) is 41.8 Å². The Morgan fingerprint density at radius 2 is 1.74 bits per heavy atom. The first-order valence-corrected chi connectivity index (χ1v) is 6.56. The first-order valence-electron chi connectivity index (χ1n) is 6.56. The summed E-state index contributed by atoms with van der Waals surface area (Å²) in [6, 6.07) is 14.4. The molecule has 3 nitrogen and oxygen atoms in total. The molecule has 0 saturated carbocycles. The van der Waals surface area contributed by atoms with Gasteiger partial charge in [0.05, 0.1) is 0 Å². The van der Waals surface area contributed by atoms with Crippen molar-refractivity contribution in [1.29, 1.82) is 0 Å². The zero-order chi connectivity index (χ0) is 13.1. The van der Waals surface area contributed by atoms with Crippen LogP contribution < -0.4 is 15.2 Å². The maximum atomic E-state index is 5.67. The predicted octanol–water partition coefficient (Wildman–Crippen LogP) is 2.63. The van der Waals surface area contributed by atoms with Crippen LogP contribution in [0, 0.1) is 0 Å². The molecule has 19 heavy (non-hydrogen) atoms. The number of hydrogen-bond donors (Lipinski definition) is 1. The molecule has 2 aromatic carbocycles. The van der Waals surface area contributed by atoms with E-state index in [0.29, 0.717) is 19.8 Å². The van der Waals surface area contributed by atoms with Gasteiger partial charge in [-0.3, -0.25) is 0 Å². The SMILES string of the molecule is NCCc1ccccc1-c1ccc2c(c1)OCCO2. The number of rotatable bonds is 3. The second-order valence-electron chi connectivity index (χ2n) is 4.55. The number of fused-ring (bicyclic) bond motifs is 1. The van der Waals surface area contributed by atoms with E-state index in [1.807, 2.05) is 24.3 Å². The van der Waals surface area contributed by atoms with Crippen molar-refractivity contribution in [2.24, 2.45) is 5.73 Å². The highest BCUT2D eigenvalue weighted by Gasteiger charge is 2.13. The second kappa shape index (κ2) is 5.33. The fraction of sp³-hybridized carbons (Fsp3) is 0.250. The van der Waals surface area contributed by atoms with E-state index < -0.39 is 0 Å². The lowest BCUT2D eigenvalue weighted by Crippen LogP contribution is -2.15. The minimum atomic E-state index is 0.612. The molecule has 98 valence electrons. The van der Waals surface area contributed by atoms with Crippen LogP contribution in [0.1, 0.15) is 5.56 Å². The summed E-state index contributed by atoms with van der Waals surface area (Å²) in [5.74, 6) is 1.65. The van der Waals surface area contributed by atoms with Crippen LogP contribution in [0.25, 0.3) is 11.1 Å². The molecule has 1 aliphatic heterocycles. The zero-order valence-corrected chi connectivity index (χ0v) is 10.8. The standard InChI is InChI=1S/C16H17NO2/c17-8-7-12-3-1-2-4-14(12)13-5-6-15-16(11-13)19-10-9-18-15/h1-6,11H,7-10,17H2. The van der Waals surface area contributed by atoms with Crippen LogP contribution in [0.3, 0.4) is 0 Å². The topological polar surface area (TPSA) is 44.5 Å². The van der Waals surface area contributed by atoms with Crippen molar-refractivity contribution < 1.29 is 9.47 Å². The molecule has 3 heteroatoms. The first kappa shape index (κ1) is 12.1. The Morgan fingerprint density at radius 3 is 2.58 bits per heavy atom. The Kier molecular flexibility index (Phi) is 3.38. The minimum absolute atomic E-state index is 0.612. The summed E-state index contributed by atoms with van der Waals surface area (Å²) in [4.78, 5) is 0. The fourth-order valence-corrected chi connectivity index (χ4v) is 2.39. The zero-order valence-electron chi connectivity index (χ0n) is 10.8. The van der Waals surface area contributed by atoms with Crippen LogP contribution in [0.2, 0.25) is 0 Å². The van der Waals surface area contributed by atoms with Gasteiger partial charge in [0.15, 0.2) is 11.5 Å². The molecule has 0 radical (unpaired) electrons. The van der Waals surface area contributed by atoms with E-state index in [1.165, 1.54) is 11.1 Å². The molecule has 0 amide bonds. The van der Waals surface area contributed by atoms with Gasteiger partial charge < -0.3 is 15.2 Å². The third-order valence-corrected chi connectivity index (χ3v) is 3.28. The van der Waals surface area contributed by atoms with Gasteiger partial charge in [0.2, 0.25) is 0 Å². The Bertz CT molecular complexity index is 581. The van der Waals surface area contributed by atoms with Crippen molar-refractivity contribution in [3.63, 3.8) is 0 Å². The molecule has 1 aliphatic rings. The highest BCUT2D eigenvalue weighted by Crippen LogP contribution is 2.35. The van der Waals surface area contributed by atoms with Crippen molar-refractivity contribution >= 4 is 0 Å². The summed E-state index contributed by atoms with van der Waals surface area (Å²) in [5.41, 5.74) is 9.30. The number of hydrogen-bond acceptors (Lipinski definition) is 3. The normalized spacial score (nSPS) is 13.3. The minimum Gasteiger partial charge on any atom is -0.486 e. The van der Waals surface area contributed by atoms with Gasteiger partial charge in [-0.25, -0.2) is 0 Å². The van der Waals surface area contributed by atoms with Crippen molar-refractivity contribution in [2.75, 3.05) is 19.8 Å². The summed E-state index contributed by atoms with van der Waals surface area (Å²) < 4.78 is 11.2. The lowest BCUT2D eigenvalue weighted by molar-refractivity contribution is 0.171. The van der Waals surface area contributed by atoms with Gasteiger partial charge in [0.25, 0.3) is 0 Å². The third-order valence-electron chi connectivity index (χ3n) is 3.28. The predicted molar refractivity (Wildman–Crippen MR) is 75.6 cm³/mol. The molecule has 0 saturated heterocycles. The van der Waals surface area contributed by atoms with Gasteiger partial charge in [-0.2, -0.15) is 0 Å². The molecule has 0 spiro atoms. The van der Waals surface area contributed by atoms with E-state index >= 15 is 0 Å². The monoisotopic (exact) mass is 255 g/mol. The molecule has 0 fully saturated rings. The van der Waals surface area contributed by atoms with Crippen LogP contribution >= 0.6 is 0 Å². The Hall–Kier alpha value is -2.00. The molecule has 2 N–H and O–H groups in total. The van der Waals surface area contributed by atoms with Crippen molar-refractivity contribution in [2.45, 2.75) is 6.42 Å². The van der Waals surface area contributed by atoms with Crippen molar-refractivity contribution in [3.8, 4) is 22.6 Å². The number of benzene rings is 2. The lowest BCUT2D eigenvalue weighted by atomic mass is 9.97.